The van der Waals surface area contributed by atoms with Gasteiger partial charge >= 0.3 is 0 Å². The van der Waals surface area contributed by atoms with E-state index in [-0.39, 0.29) is 5.56 Å². The van der Waals surface area contributed by atoms with Crippen LogP contribution in [0.25, 0.3) is 5.65 Å². The third-order valence-corrected chi connectivity index (χ3v) is 4.08. The van der Waals surface area contributed by atoms with Crippen LogP contribution in [0.1, 0.15) is 49.1 Å². The maximum atomic E-state index is 12.7. The summed E-state index contributed by atoms with van der Waals surface area (Å²) in [6.45, 7) is 9.31. The molecule has 0 bridgehead atoms. The minimum atomic E-state index is 0.00681. The highest BCUT2D eigenvalue weighted by Gasteiger charge is 2.26. The van der Waals surface area contributed by atoms with Gasteiger partial charge in [-0.1, -0.05) is 13.5 Å². The molecule has 0 atom stereocenters. The number of H-pyrrole nitrogens is 1. The average molecular weight is 286 g/mol. The van der Waals surface area contributed by atoms with Gasteiger partial charge in [-0.15, -0.1) is 0 Å². The van der Waals surface area contributed by atoms with Crippen molar-refractivity contribution in [1.29, 1.82) is 0 Å². The zero-order valence-corrected chi connectivity index (χ0v) is 12.7. The number of aryl methyl sites for hydroxylation is 1. The fourth-order valence-corrected chi connectivity index (χ4v) is 2.70. The Kier molecular flexibility index (Phi) is 3.57. The third kappa shape index (κ3) is 2.60. The van der Waals surface area contributed by atoms with Gasteiger partial charge in [-0.05, 0) is 32.4 Å². The highest BCUT2D eigenvalue weighted by molar-refractivity contribution is 5.43. The molecule has 0 saturated heterocycles. The average Bonchev–Trinajstić information content (AvgIpc) is 3.23. The molecule has 2 aromatic rings. The summed E-state index contributed by atoms with van der Waals surface area (Å²) in [6.07, 6.45) is 5.22. The van der Waals surface area contributed by atoms with Crippen molar-refractivity contribution >= 4 is 5.65 Å². The second-order valence-electron chi connectivity index (χ2n) is 5.81. The molecule has 21 heavy (non-hydrogen) atoms. The quantitative estimate of drug-likeness (QED) is 0.888. The van der Waals surface area contributed by atoms with Crippen LogP contribution >= 0.6 is 0 Å². The SMILES string of the molecule is C=CN(CCC)Cc1c(C)nc2cc(C3CC3)[nH]n2c1=O. The van der Waals surface area contributed by atoms with Gasteiger partial charge in [0.1, 0.15) is 0 Å². The van der Waals surface area contributed by atoms with Crippen molar-refractivity contribution in [2.24, 2.45) is 0 Å². The third-order valence-electron chi connectivity index (χ3n) is 4.08. The van der Waals surface area contributed by atoms with Crippen molar-refractivity contribution in [1.82, 2.24) is 19.5 Å². The highest BCUT2D eigenvalue weighted by Crippen LogP contribution is 2.39. The van der Waals surface area contributed by atoms with Gasteiger partial charge < -0.3 is 4.90 Å². The molecule has 0 amide bonds. The predicted molar refractivity (Wildman–Crippen MR) is 83.4 cm³/mol. The normalized spacial score (nSPS) is 14.6. The molecule has 112 valence electrons. The van der Waals surface area contributed by atoms with E-state index in [1.54, 1.807) is 10.7 Å². The van der Waals surface area contributed by atoms with E-state index >= 15 is 0 Å². The van der Waals surface area contributed by atoms with Gasteiger partial charge in [0.15, 0.2) is 5.65 Å². The van der Waals surface area contributed by atoms with Crippen LogP contribution in [-0.4, -0.2) is 26.0 Å². The summed E-state index contributed by atoms with van der Waals surface area (Å²) >= 11 is 0. The zero-order valence-electron chi connectivity index (χ0n) is 12.7. The first-order valence-corrected chi connectivity index (χ1v) is 7.61. The molecular formula is C16H22N4O. The summed E-state index contributed by atoms with van der Waals surface area (Å²) in [6, 6.07) is 2.01. The second-order valence-corrected chi connectivity index (χ2v) is 5.81. The van der Waals surface area contributed by atoms with E-state index in [4.69, 9.17) is 0 Å². The molecule has 1 aliphatic carbocycles. The minimum Gasteiger partial charge on any atom is -0.373 e. The molecule has 1 N–H and O–H groups in total. The Bertz CT molecular complexity index is 724. The molecule has 5 heteroatoms. The smallest absolute Gasteiger partial charge is 0.277 e. The van der Waals surface area contributed by atoms with Crippen LogP contribution in [0.4, 0.5) is 0 Å². The number of hydrogen-bond acceptors (Lipinski definition) is 3. The van der Waals surface area contributed by atoms with Crippen molar-refractivity contribution in [2.75, 3.05) is 6.54 Å². The molecule has 0 radical (unpaired) electrons. The van der Waals surface area contributed by atoms with Crippen molar-refractivity contribution in [3.63, 3.8) is 0 Å². The fourth-order valence-electron chi connectivity index (χ4n) is 2.70. The summed E-state index contributed by atoms with van der Waals surface area (Å²) < 4.78 is 1.59. The number of aromatic amines is 1. The number of nitrogens with zero attached hydrogens (tertiary/aromatic N) is 3. The van der Waals surface area contributed by atoms with Gasteiger partial charge in [0.2, 0.25) is 0 Å². The lowest BCUT2D eigenvalue weighted by Gasteiger charge is -2.19. The van der Waals surface area contributed by atoms with Crippen LogP contribution in [-0.2, 0) is 6.54 Å². The van der Waals surface area contributed by atoms with Gasteiger partial charge in [0.05, 0.1) is 11.3 Å². The second kappa shape index (κ2) is 5.39. The number of fused-ring (bicyclic) bond motifs is 1. The van der Waals surface area contributed by atoms with Gasteiger partial charge in [0.25, 0.3) is 5.56 Å². The predicted octanol–water partition coefficient (Wildman–Crippen LogP) is 2.56. The Balaban J connectivity index is 2.01. The summed E-state index contributed by atoms with van der Waals surface area (Å²) in [5.74, 6) is 0.583. The van der Waals surface area contributed by atoms with E-state index in [0.717, 1.165) is 35.6 Å². The topological polar surface area (TPSA) is 53.4 Å². The molecule has 1 saturated carbocycles. The molecule has 2 heterocycles. The first-order valence-electron chi connectivity index (χ1n) is 7.61. The number of hydrogen-bond donors (Lipinski definition) is 1. The molecule has 3 rings (SSSR count). The van der Waals surface area contributed by atoms with Crippen LogP contribution < -0.4 is 5.56 Å². The summed E-state index contributed by atoms with van der Waals surface area (Å²) in [7, 11) is 0. The standard InChI is InChI=1S/C16H22N4O/c1-4-8-19(5-2)10-13-11(3)17-15-9-14(12-6-7-12)18-20(15)16(13)21/h5,9,12,18H,2,4,6-8,10H2,1,3H3. The summed E-state index contributed by atoms with van der Waals surface area (Å²) in [5.41, 5.74) is 3.41. The van der Waals surface area contributed by atoms with E-state index < -0.39 is 0 Å². The maximum absolute atomic E-state index is 12.7. The Morgan fingerprint density at radius 1 is 1.57 bits per heavy atom. The van der Waals surface area contributed by atoms with Gasteiger partial charge in [-0.3, -0.25) is 9.89 Å². The Labute approximate surface area is 124 Å². The number of nitrogens with one attached hydrogen (secondary N) is 1. The van der Waals surface area contributed by atoms with Crippen LogP contribution in [0.15, 0.2) is 23.6 Å². The van der Waals surface area contributed by atoms with Gasteiger partial charge in [0, 0.05) is 30.8 Å². The van der Waals surface area contributed by atoms with Crippen LogP contribution in [0.3, 0.4) is 0 Å². The van der Waals surface area contributed by atoms with Crippen molar-refractivity contribution < 1.29 is 0 Å². The van der Waals surface area contributed by atoms with Crippen molar-refractivity contribution in [2.45, 2.75) is 45.6 Å². The molecule has 0 aromatic carbocycles. The minimum absolute atomic E-state index is 0.00681. The Hall–Kier alpha value is -2.04. The van der Waals surface area contributed by atoms with E-state index in [1.165, 1.54) is 12.8 Å². The monoisotopic (exact) mass is 286 g/mol. The van der Waals surface area contributed by atoms with E-state index in [2.05, 4.69) is 28.5 Å². The van der Waals surface area contributed by atoms with Crippen LogP contribution in [0.2, 0.25) is 0 Å². The highest BCUT2D eigenvalue weighted by atomic mass is 16.1. The Morgan fingerprint density at radius 2 is 2.33 bits per heavy atom. The number of aromatic nitrogens is 3. The van der Waals surface area contributed by atoms with Gasteiger partial charge in [-0.25, -0.2) is 9.50 Å². The molecular weight excluding hydrogens is 264 g/mol. The largest absolute Gasteiger partial charge is 0.373 e. The molecule has 0 unspecified atom stereocenters. The van der Waals surface area contributed by atoms with Crippen LogP contribution in [0.5, 0.6) is 0 Å². The van der Waals surface area contributed by atoms with Gasteiger partial charge in [-0.2, -0.15) is 0 Å². The van der Waals surface area contributed by atoms with E-state index in [0.29, 0.717) is 12.5 Å². The van der Waals surface area contributed by atoms with E-state index in [1.807, 2.05) is 13.0 Å². The van der Waals surface area contributed by atoms with Crippen molar-refractivity contribution in [3.8, 4) is 0 Å². The molecule has 1 fully saturated rings. The molecule has 2 aromatic heterocycles. The zero-order chi connectivity index (χ0) is 15.0. The van der Waals surface area contributed by atoms with Crippen molar-refractivity contribution in [3.05, 3.63) is 46.2 Å². The first-order chi connectivity index (χ1) is 10.1. The summed E-state index contributed by atoms with van der Waals surface area (Å²) in [4.78, 5) is 19.3. The lowest BCUT2D eigenvalue weighted by Crippen LogP contribution is -2.27. The lowest BCUT2D eigenvalue weighted by molar-refractivity contribution is 0.366. The Morgan fingerprint density at radius 3 is 2.95 bits per heavy atom. The molecule has 5 nitrogen and oxygen atoms in total. The maximum Gasteiger partial charge on any atom is 0.277 e. The summed E-state index contributed by atoms with van der Waals surface area (Å²) in [5, 5.41) is 3.21. The van der Waals surface area contributed by atoms with E-state index in [9.17, 15) is 4.79 Å². The molecule has 0 aliphatic heterocycles. The molecule has 1 aliphatic rings. The number of rotatable bonds is 6. The van der Waals surface area contributed by atoms with Crippen LogP contribution in [0, 0.1) is 6.92 Å². The fraction of sp³-hybridized carbons (Fsp3) is 0.500. The molecule has 0 spiro atoms. The first kappa shape index (κ1) is 13.9. The lowest BCUT2D eigenvalue weighted by atomic mass is 10.2.